The molecule has 1 aromatic heterocycles. The molecule has 8 heteroatoms. The van der Waals surface area contributed by atoms with E-state index in [0.29, 0.717) is 18.8 Å². The molecule has 1 aromatic carbocycles. The second-order valence-corrected chi connectivity index (χ2v) is 5.87. The molecule has 0 radical (unpaired) electrons. The summed E-state index contributed by atoms with van der Waals surface area (Å²) in [6.07, 6.45) is 2.62. The van der Waals surface area contributed by atoms with Crippen molar-refractivity contribution in [2.45, 2.75) is 32.9 Å². The highest BCUT2D eigenvalue weighted by atomic mass is 16.6. The van der Waals surface area contributed by atoms with Gasteiger partial charge in [0.1, 0.15) is 24.2 Å². The van der Waals surface area contributed by atoms with E-state index in [0.717, 1.165) is 11.3 Å². The molecule has 1 aliphatic rings. The fraction of sp³-hybridized carbons (Fsp3) is 0.375. The number of hydrogen-bond donors (Lipinski definition) is 0. The predicted molar refractivity (Wildman–Crippen MR) is 87.1 cm³/mol. The number of amides is 1. The van der Waals surface area contributed by atoms with Gasteiger partial charge >= 0.3 is 5.69 Å². The Labute approximate surface area is 138 Å². The van der Waals surface area contributed by atoms with Gasteiger partial charge in [-0.15, -0.1) is 0 Å². The van der Waals surface area contributed by atoms with Crippen LogP contribution in [0.1, 0.15) is 18.9 Å². The Balaban J connectivity index is 1.72. The third-order valence-electron chi connectivity index (χ3n) is 3.86. The van der Waals surface area contributed by atoms with Gasteiger partial charge in [-0.3, -0.25) is 19.6 Å². The third kappa shape index (κ3) is 3.22. The van der Waals surface area contributed by atoms with Gasteiger partial charge in [-0.2, -0.15) is 5.10 Å². The molecule has 8 nitrogen and oxygen atoms in total. The molecule has 1 aliphatic heterocycles. The van der Waals surface area contributed by atoms with E-state index in [-0.39, 0.29) is 24.1 Å². The lowest BCUT2D eigenvalue weighted by Crippen LogP contribution is -2.42. The molecular weight excluding hydrogens is 312 g/mol. The first-order chi connectivity index (χ1) is 11.4. The summed E-state index contributed by atoms with van der Waals surface area (Å²) in [5.74, 6) is 0.644. The van der Waals surface area contributed by atoms with E-state index in [4.69, 9.17) is 4.74 Å². The van der Waals surface area contributed by atoms with Gasteiger partial charge in [-0.25, -0.2) is 0 Å². The van der Waals surface area contributed by atoms with Crippen LogP contribution in [-0.4, -0.2) is 33.3 Å². The minimum atomic E-state index is -0.506. The Morgan fingerprint density at radius 2 is 2.29 bits per heavy atom. The fourth-order valence-electron chi connectivity index (χ4n) is 2.70. The van der Waals surface area contributed by atoms with E-state index in [9.17, 15) is 14.9 Å². The molecule has 0 aliphatic carbocycles. The number of ether oxygens (including phenoxy) is 1. The number of fused-ring (bicyclic) bond motifs is 1. The van der Waals surface area contributed by atoms with Crippen molar-refractivity contribution in [2.24, 2.45) is 0 Å². The van der Waals surface area contributed by atoms with Crippen LogP contribution < -0.4 is 9.64 Å². The number of nitro groups is 1. The maximum atomic E-state index is 12.6. The number of aromatic nitrogens is 2. The summed E-state index contributed by atoms with van der Waals surface area (Å²) in [7, 11) is 0. The Morgan fingerprint density at radius 3 is 3.00 bits per heavy atom. The van der Waals surface area contributed by atoms with Gasteiger partial charge in [0, 0.05) is 13.0 Å². The first-order valence-electron chi connectivity index (χ1n) is 7.68. The average Bonchev–Trinajstić information content (AvgIpc) is 3.00. The quantitative estimate of drug-likeness (QED) is 0.634. The summed E-state index contributed by atoms with van der Waals surface area (Å²) in [4.78, 5) is 24.5. The average molecular weight is 330 g/mol. The molecule has 2 heterocycles. The molecule has 24 heavy (non-hydrogen) atoms. The van der Waals surface area contributed by atoms with Crippen molar-refractivity contribution in [1.82, 2.24) is 9.78 Å². The van der Waals surface area contributed by atoms with Crippen molar-refractivity contribution < 1.29 is 14.5 Å². The summed E-state index contributed by atoms with van der Waals surface area (Å²) >= 11 is 0. The van der Waals surface area contributed by atoms with Crippen LogP contribution in [0.5, 0.6) is 5.75 Å². The normalized spacial score (nSPS) is 16.4. The molecule has 126 valence electrons. The maximum absolute atomic E-state index is 12.6. The lowest BCUT2D eigenvalue weighted by molar-refractivity contribution is -0.385. The first kappa shape index (κ1) is 16.0. The molecule has 0 saturated heterocycles. The molecule has 2 aromatic rings. The number of aryl methyl sites for hydroxylation is 2. The van der Waals surface area contributed by atoms with Crippen LogP contribution in [0.3, 0.4) is 0 Å². The van der Waals surface area contributed by atoms with Gasteiger partial charge in [-0.05, 0) is 31.5 Å². The lowest BCUT2D eigenvalue weighted by atomic mass is 10.1. The number of carbonyl (C=O) groups is 1. The van der Waals surface area contributed by atoms with Crippen LogP contribution in [0.2, 0.25) is 0 Å². The topological polar surface area (TPSA) is 90.5 Å². The molecule has 1 atom stereocenters. The summed E-state index contributed by atoms with van der Waals surface area (Å²) in [6.45, 7) is 4.66. The van der Waals surface area contributed by atoms with Gasteiger partial charge in [0.2, 0.25) is 5.91 Å². The van der Waals surface area contributed by atoms with E-state index >= 15 is 0 Å². The maximum Gasteiger partial charge on any atom is 0.306 e. The van der Waals surface area contributed by atoms with Gasteiger partial charge < -0.3 is 9.64 Å². The van der Waals surface area contributed by atoms with Crippen LogP contribution >= 0.6 is 0 Å². The number of anilines is 1. The minimum Gasteiger partial charge on any atom is -0.487 e. The zero-order valence-corrected chi connectivity index (χ0v) is 13.5. The second kappa shape index (κ2) is 6.31. The molecule has 0 bridgehead atoms. The van der Waals surface area contributed by atoms with Crippen molar-refractivity contribution >= 4 is 17.3 Å². The number of carbonyl (C=O) groups excluding carboxylic acids is 1. The van der Waals surface area contributed by atoms with Crippen LogP contribution in [0.4, 0.5) is 11.4 Å². The lowest BCUT2D eigenvalue weighted by Gasteiger charge is -2.33. The van der Waals surface area contributed by atoms with Crippen LogP contribution in [0, 0.1) is 17.0 Å². The van der Waals surface area contributed by atoms with Crippen molar-refractivity contribution in [2.75, 3.05) is 11.4 Å². The van der Waals surface area contributed by atoms with Gasteiger partial charge in [0.05, 0.1) is 17.2 Å². The number of rotatable bonds is 4. The van der Waals surface area contributed by atoms with Crippen molar-refractivity contribution in [3.63, 3.8) is 0 Å². The fourth-order valence-corrected chi connectivity index (χ4v) is 2.70. The predicted octanol–water partition coefficient (Wildman–Crippen LogP) is 2.30. The summed E-state index contributed by atoms with van der Waals surface area (Å²) in [5.41, 5.74) is 1.75. The van der Waals surface area contributed by atoms with Crippen molar-refractivity contribution in [1.29, 1.82) is 0 Å². The SMILES string of the molecule is Cc1ccc2c(c1)OC(C)CN2C(=O)CCn1cc([N+](=O)[O-])cn1. The molecule has 0 fully saturated rings. The molecular formula is C16H18N4O4. The molecule has 0 N–H and O–H groups in total. The van der Waals surface area contributed by atoms with Crippen molar-refractivity contribution in [3.8, 4) is 5.75 Å². The molecule has 1 amide bonds. The van der Waals surface area contributed by atoms with E-state index in [1.54, 1.807) is 4.90 Å². The highest BCUT2D eigenvalue weighted by molar-refractivity contribution is 5.95. The molecule has 0 saturated carbocycles. The van der Waals surface area contributed by atoms with Gasteiger partial charge in [0.25, 0.3) is 0 Å². The number of hydrogen-bond acceptors (Lipinski definition) is 5. The Bertz CT molecular complexity index is 786. The van der Waals surface area contributed by atoms with Crippen LogP contribution in [0.25, 0.3) is 0 Å². The summed E-state index contributed by atoms with van der Waals surface area (Å²) < 4.78 is 7.21. The molecule has 1 unspecified atom stereocenters. The minimum absolute atomic E-state index is 0.0617. The van der Waals surface area contributed by atoms with E-state index in [1.807, 2.05) is 32.0 Å². The Hall–Kier alpha value is -2.90. The van der Waals surface area contributed by atoms with E-state index < -0.39 is 4.92 Å². The zero-order valence-electron chi connectivity index (χ0n) is 13.5. The zero-order chi connectivity index (χ0) is 17.3. The second-order valence-electron chi connectivity index (χ2n) is 5.87. The first-order valence-corrected chi connectivity index (χ1v) is 7.68. The van der Waals surface area contributed by atoms with Crippen LogP contribution in [0.15, 0.2) is 30.6 Å². The Kier molecular flexibility index (Phi) is 4.20. The number of nitrogens with zero attached hydrogens (tertiary/aromatic N) is 4. The van der Waals surface area contributed by atoms with Crippen LogP contribution in [-0.2, 0) is 11.3 Å². The highest BCUT2D eigenvalue weighted by Crippen LogP contribution is 2.34. The van der Waals surface area contributed by atoms with E-state index in [2.05, 4.69) is 5.10 Å². The summed E-state index contributed by atoms with van der Waals surface area (Å²) in [5, 5.41) is 14.6. The monoisotopic (exact) mass is 330 g/mol. The number of benzene rings is 1. The molecule has 0 spiro atoms. The largest absolute Gasteiger partial charge is 0.487 e. The third-order valence-corrected chi connectivity index (χ3v) is 3.86. The Morgan fingerprint density at radius 1 is 1.50 bits per heavy atom. The smallest absolute Gasteiger partial charge is 0.306 e. The van der Waals surface area contributed by atoms with E-state index in [1.165, 1.54) is 17.1 Å². The molecule has 3 rings (SSSR count). The van der Waals surface area contributed by atoms with Crippen molar-refractivity contribution in [3.05, 3.63) is 46.3 Å². The standard InChI is InChI=1S/C16H18N4O4/c1-11-3-4-14-15(7-11)24-12(2)9-19(14)16(21)5-6-18-10-13(8-17-18)20(22)23/h3-4,7-8,10,12H,5-6,9H2,1-2H3. The van der Waals surface area contributed by atoms with Gasteiger partial charge in [-0.1, -0.05) is 6.07 Å². The summed E-state index contributed by atoms with van der Waals surface area (Å²) in [6, 6.07) is 5.74. The van der Waals surface area contributed by atoms with Gasteiger partial charge in [0.15, 0.2) is 0 Å². The highest BCUT2D eigenvalue weighted by Gasteiger charge is 2.27.